The third kappa shape index (κ3) is 9.26. The molecule has 6 rings (SSSR count). The highest BCUT2D eigenvalue weighted by Gasteiger charge is 2.62. The maximum absolute atomic E-state index is 14.9. The highest BCUT2D eigenvalue weighted by Crippen LogP contribution is 2.45. The second kappa shape index (κ2) is 16.5. The molecule has 4 aliphatic rings. The fourth-order valence-electron chi connectivity index (χ4n) is 8.10. The Bertz CT molecular complexity index is 2050. The fourth-order valence-corrected chi connectivity index (χ4v) is 9.46. The Balaban J connectivity index is 1.31. The number of ether oxygens (including phenoxy) is 2. The monoisotopic (exact) mass is 807 g/mol. The van der Waals surface area contributed by atoms with E-state index in [-0.39, 0.29) is 43.9 Å². The lowest BCUT2D eigenvalue weighted by molar-refractivity contribution is -0.144. The standard InChI is InChI=1S/C41H53N5O10S/c1-6-27-23-41(27,38(50)44-57(53,54)31-15-16-31)43-35(48)34-22-30(56-36-32-17-14-29(55-5)21-26(32)19-20-42-36)24-45(34)37(49)33(46(39(51)52)40(2,3)4)18-13-28(47)12-11-25-9-7-8-10-25/h6,11-12,14,17,19-21,25,27,30-31,33-34H,1,7-10,13,15-16,18,22-24H2,2-5H3,(H,43,48)(H,44,50)(H,51,52)/b12-11+/t27-,30-,33+,34+,41-/m1/s1. The number of fused-ring (bicyclic) bond motifs is 1. The zero-order valence-corrected chi connectivity index (χ0v) is 33.8. The molecule has 1 aromatic carbocycles. The summed E-state index contributed by atoms with van der Waals surface area (Å²) in [5, 5.41) is 14.0. The third-order valence-electron chi connectivity index (χ3n) is 11.5. The number of amides is 4. The van der Waals surface area contributed by atoms with E-state index in [1.54, 1.807) is 52.3 Å². The maximum Gasteiger partial charge on any atom is 0.408 e. The molecule has 1 aliphatic heterocycles. The molecule has 3 saturated carbocycles. The van der Waals surface area contributed by atoms with E-state index < -0.39 is 74.3 Å². The summed E-state index contributed by atoms with van der Waals surface area (Å²) in [5.74, 6) is -2.01. The molecular formula is C41H53N5O10S. The minimum absolute atomic E-state index is 0.0685. The Morgan fingerprint density at radius 1 is 1.12 bits per heavy atom. The molecule has 308 valence electrons. The van der Waals surface area contributed by atoms with Crippen LogP contribution in [0.4, 0.5) is 4.79 Å². The predicted octanol–water partition coefficient (Wildman–Crippen LogP) is 4.50. The van der Waals surface area contributed by atoms with Gasteiger partial charge in [-0.1, -0.05) is 25.0 Å². The number of aromatic nitrogens is 1. The number of benzene rings is 1. The molecule has 5 atom stereocenters. The summed E-state index contributed by atoms with van der Waals surface area (Å²) >= 11 is 0. The molecule has 2 aromatic rings. The normalized spacial score (nSPS) is 24.2. The van der Waals surface area contributed by atoms with Gasteiger partial charge in [0.25, 0.3) is 5.91 Å². The summed E-state index contributed by atoms with van der Waals surface area (Å²) in [7, 11) is -2.40. The number of hydrogen-bond acceptors (Lipinski definition) is 10. The van der Waals surface area contributed by atoms with E-state index in [1.165, 1.54) is 17.1 Å². The van der Waals surface area contributed by atoms with Crippen LogP contribution in [0.1, 0.15) is 85.0 Å². The van der Waals surface area contributed by atoms with Gasteiger partial charge in [-0.3, -0.25) is 28.8 Å². The van der Waals surface area contributed by atoms with Gasteiger partial charge in [-0.05, 0) is 101 Å². The Morgan fingerprint density at radius 3 is 2.46 bits per heavy atom. The number of methoxy groups -OCH3 is 1. The largest absolute Gasteiger partial charge is 0.497 e. The van der Waals surface area contributed by atoms with E-state index in [4.69, 9.17) is 9.47 Å². The molecule has 3 aliphatic carbocycles. The summed E-state index contributed by atoms with van der Waals surface area (Å²) in [6.07, 6.45) is 9.04. The van der Waals surface area contributed by atoms with Gasteiger partial charge in [0.15, 0.2) is 5.78 Å². The van der Waals surface area contributed by atoms with Crippen LogP contribution in [0.2, 0.25) is 0 Å². The third-order valence-corrected chi connectivity index (χ3v) is 13.3. The van der Waals surface area contributed by atoms with Crippen molar-refractivity contribution < 1.29 is 47.0 Å². The molecule has 0 radical (unpaired) electrons. The molecule has 1 saturated heterocycles. The number of carbonyl (C=O) groups is 5. The van der Waals surface area contributed by atoms with Crippen molar-refractivity contribution in [2.75, 3.05) is 13.7 Å². The first-order valence-electron chi connectivity index (χ1n) is 19.6. The summed E-state index contributed by atoms with van der Waals surface area (Å²) < 4.78 is 39.4. The Labute approximate surface area is 333 Å². The van der Waals surface area contributed by atoms with Gasteiger partial charge in [-0.2, -0.15) is 0 Å². The van der Waals surface area contributed by atoms with Crippen molar-refractivity contribution in [1.29, 1.82) is 0 Å². The van der Waals surface area contributed by atoms with E-state index in [1.807, 2.05) is 12.1 Å². The molecule has 4 amide bonds. The molecular weight excluding hydrogens is 755 g/mol. The number of carbonyl (C=O) groups excluding carboxylic acids is 4. The molecule has 0 unspecified atom stereocenters. The van der Waals surface area contributed by atoms with Gasteiger partial charge in [-0.25, -0.2) is 18.2 Å². The van der Waals surface area contributed by atoms with Gasteiger partial charge in [0, 0.05) is 35.9 Å². The number of allylic oxidation sites excluding steroid dienone is 2. The molecule has 2 heterocycles. The molecule has 15 nitrogen and oxygen atoms in total. The first-order valence-corrected chi connectivity index (χ1v) is 21.2. The zero-order chi connectivity index (χ0) is 41.3. The summed E-state index contributed by atoms with van der Waals surface area (Å²) in [5.41, 5.74) is -2.71. The van der Waals surface area contributed by atoms with Crippen molar-refractivity contribution in [2.45, 2.75) is 119 Å². The number of sulfonamides is 1. The van der Waals surface area contributed by atoms with Crippen molar-refractivity contribution in [2.24, 2.45) is 11.8 Å². The number of nitrogens with one attached hydrogen (secondary N) is 2. The van der Waals surface area contributed by atoms with Crippen LogP contribution in [-0.2, 0) is 29.2 Å². The van der Waals surface area contributed by atoms with Crippen LogP contribution in [0, 0.1) is 11.8 Å². The lowest BCUT2D eigenvalue weighted by Gasteiger charge is -2.41. The molecule has 4 fully saturated rings. The molecule has 1 aromatic heterocycles. The molecule has 0 bridgehead atoms. The number of ketones is 1. The second-order valence-corrected chi connectivity index (χ2v) is 18.6. The second-order valence-electron chi connectivity index (χ2n) is 16.6. The molecule has 57 heavy (non-hydrogen) atoms. The lowest BCUT2D eigenvalue weighted by Crippen LogP contribution is -2.61. The van der Waals surface area contributed by atoms with Crippen LogP contribution in [0.3, 0.4) is 0 Å². The van der Waals surface area contributed by atoms with E-state index in [0.29, 0.717) is 29.9 Å². The minimum Gasteiger partial charge on any atom is -0.497 e. The average Bonchev–Trinajstić information content (AvgIpc) is 4.04. The maximum atomic E-state index is 14.9. The van der Waals surface area contributed by atoms with Gasteiger partial charge in [0.1, 0.15) is 29.5 Å². The quantitative estimate of drug-likeness (QED) is 0.159. The predicted molar refractivity (Wildman–Crippen MR) is 211 cm³/mol. The van der Waals surface area contributed by atoms with E-state index in [9.17, 15) is 37.5 Å². The van der Waals surface area contributed by atoms with Crippen LogP contribution in [-0.4, -0.2) is 106 Å². The van der Waals surface area contributed by atoms with Crippen molar-refractivity contribution in [3.05, 3.63) is 55.3 Å². The first-order chi connectivity index (χ1) is 27.0. The van der Waals surface area contributed by atoms with Crippen LogP contribution in [0.25, 0.3) is 10.8 Å². The Hall–Kier alpha value is -4.99. The fraction of sp³-hybridized carbons (Fsp3) is 0.561. The minimum atomic E-state index is -3.95. The average molecular weight is 808 g/mol. The highest BCUT2D eigenvalue weighted by molar-refractivity contribution is 7.91. The van der Waals surface area contributed by atoms with E-state index >= 15 is 0 Å². The summed E-state index contributed by atoms with van der Waals surface area (Å²) in [6, 6.07) is 4.48. The Kier molecular flexibility index (Phi) is 12.0. The number of rotatable bonds is 16. The van der Waals surface area contributed by atoms with Crippen molar-refractivity contribution in [1.82, 2.24) is 24.8 Å². The van der Waals surface area contributed by atoms with Crippen LogP contribution < -0.4 is 19.5 Å². The lowest BCUT2D eigenvalue weighted by atomic mass is 9.97. The van der Waals surface area contributed by atoms with E-state index in [2.05, 4.69) is 21.6 Å². The number of carboxylic acid groups (broad SMARTS) is 1. The van der Waals surface area contributed by atoms with Gasteiger partial charge in [0.2, 0.25) is 27.7 Å². The van der Waals surface area contributed by atoms with Crippen LogP contribution >= 0.6 is 0 Å². The first kappa shape index (κ1) is 41.6. The summed E-state index contributed by atoms with van der Waals surface area (Å²) in [4.78, 5) is 75.6. The van der Waals surface area contributed by atoms with Gasteiger partial charge in [0.05, 0.1) is 18.9 Å². The van der Waals surface area contributed by atoms with Gasteiger partial charge >= 0.3 is 6.09 Å². The molecule has 16 heteroatoms. The number of nitrogens with zero attached hydrogens (tertiary/aromatic N) is 3. The van der Waals surface area contributed by atoms with Gasteiger partial charge < -0.3 is 24.8 Å². The number of likely N-dealkylation sites (tertiary alicyclic amines) is 1. The van der Waals surface area contributed by atoms with Crippen molar-refractivity contribution in [3.63, 3.8) is 0 Å². The number of hydrogen-bond donors (Lipinski definition) is 3. The smallest absolute Gasteiger partial charge is 0.408 e. The van der Waals surface area contributed by atoms with Crippen LogP contribution in [0.15, 0.2) is 55.3 Å². The summed E-state index contributed by atoms with van der Waals surface area (Å²) in [6.45, 7) is 8.54. The molecule has 0 spiro atoms. The van der Waals surface area contributed by atoms with E-state index in [0.717, 1.165) is 36.0 Å². The van der Waals surface area contributed by atoms with Crippen molar-refractivity contribution >= 4 is 50.4 Å². The zero-order valence-electron chi connectivity index (χ0n) is 32.9. The SMILES string of the molecule is C=C[C@@H]1C[C@]1(NC(=O)[C@@H]1C[C@@H](Oc2nccc3cc(OC)ccc23)CN1C(=O)[C@H](CCC(=O)/C=C/C1CCCC1)N(C(=O)O)C(C)(C)C)C(=O)NS(=O)(=O)C1CC1. The Morgan fingerprint density at radius 2 is 1.84 bits per heavy atom. The van der Waals surface area contributed by atoms with Gasteiger partial charge in [-0.15, -0.1) is 6.58 Å². The van der Waals surface area contributed by atoms with Crippen LogP contribution in [0.5, 0.6) is 11.6 Å². The molecule has 3 N–H and O–H groups in total. The number of pyridine rings is 1. The highest BCUT2D eigenvalue weighted by atomic mass is 32.2. The topological polar surface area (TPSA) is 202 Å². The van der Waals surface area contributed by atoms with Crippen molar-refractivity contribution in [3.8, 4) is 11.6 Å².